The minimum Gasteiger partial charge on any atom is -0.325 e. The number of hydrogen-bond donors (Lipinski definition) is 1. The molecule has 0 radical (unpaired) electrons. The molecule has 0 atom stereocenters. The van der Waals surface area contributed by atoms with Gasteiger partial charge in [-0.25, -0.2) is 4.68 Å². The van der Waals surface area contributed by atoms with E-state index in [2.05, 4.69) is 21.0 Å². The molecule has 84 valence electrons. The Labute approximate surface area is 107 Å². The summed E-state index contributed by atoms with van der Waals surface area (Å²) in [5.41, 5.74) is 8.37. The molecule has 1 heterocycles. The van der Waals surface area contributed by atoms with Crippen LogP contribution in [-0.4, -0.2) is 9.78 Å². The van der Waals surface area contributed by atoms with E-state index in [4.69, 9.17) is 17.3 Å². The summed E-state index contributed by atoms with van der Waals surface area (Å²) in [6.07, 6.45) is 1.88. The monoisotopic (exact) mass is 299 g/mol. The Hall–Kier alpha value is -0.840. The fourth-order valence-corrected chi connectivity index (χ4v) is 1.99. The predicted molar refractivity (Wildman–Crippen MR) is 68.9 cm³/mol. The summed E-state index contributed by atoms with van der Waals surface area (Å²) in [5, 5.41) is 5.09. The third kappa shape index (κ3) is 2.14. The van der Waals surface area contributed by atoms with E-state index in [9.17, 15) is 0 Å². The average Bonchev–Trinajstić information content (AvgIpc) is 2.64. The first-order valence-electron chi connectivity index (χ1n) is 4.82. The van der Waals surface area contributed by atoms with E-state index in [1.54, 1.807) is 4.68 Å². The van der Waals surface area contributed by atoms with Gasteiger partial charge >= 0.3 is 0 Å². The highest BCUT2D eigenvalue weighted by atomic mass is 79.9. The number of benzene rings is 1. The highest BCUT2D eigenvalue weighted by molar-refractivity contribution is 9.10. The van der Waals surface area contributed by atoms with Gasteiger partial charge in [-0.1, -0.05) is 17.7 Å². The molecule has 0 aliphatic rings. The van der Waals surface area contributed by atoms with Gasteiger partial charge in [-0.2, -0.15) is 5.10 Å². The van der Waals surface area contributed by atoms with E-state index in [1.807, 2.05) is 31.3 Å². The summed E-state index contributed by atoms with van der Waals surface area (Å²) < 4.78 is 2.67. The van der Waals surface area contributed by atoms with Crippen LogP contribution in [-0.2, 0) is 6.54 Å². The summed E-state index contributed by atoms with van der Waals surface area (Å²) in [5.74, 6) is 0. The van der Waals surface area contributed by atoms with Crippen LogP contribution in [0.2, 0.25) is 5.02 Å². The van der Waals surface area contributed by atoms with Gasteiger partial charge in [-0.05, 0) is 40.5 Å². The second-order valence-corrected chi connectivity index (χ2v) is 4.77. The van der Waals surface area contributed by atoms with Crippen molar-refractivity contribution in [3.05, 3.63) is 45.1 Å². The Morgan fingerprint density at radius 3 is 2.81 bits per heavy atom. The van der Waals surface area contributed by atoms with Crippen molar-refractivity contribution < 1.29 is 0 Å². The zero-order chi connectivity index (χ0) is 11.7. The molecule has 2 N–H and O–H groups in total. The van der Waals surface area contributed by atoms with Crippen LogP contribution < -0.4 is 5.73 Å². The number of nitrogens with two attached hydrogens (primary N) is 1. The van der Waals surface area contributed by atoms with E-state index in [0.717, 1.165) is 26.4 Å². The van der Waals surface area contributed by atoms with Gasteiger partial charge in [-0.3, -0.25) is 0 Å². The van der Waals surface area contributed by atoms with E-state index >= 15 is 0 Å². The van der Waals surface area contributed by atoms with Gasteiger partial charge in [0.15, 0.2) is 0 Å². The normalized spacial score (nSPS) is 10.8. The third-order valence-electron chi connectivity index (χ3n) is 2.35. The van der Waals surface area contributed by atoms with Crippen LogP contribution in [0.15, 0.2) is 28.9 Å². The lowest BCUT2D eigenvalue weighted by Gasteiger charge is -2.03. The molecule has 3 nitrogen and oxygen atoms in total. The van der Waals surface area contributed by atoms with E-state index < -0.39 is 0 Å². The second kappa shape index (κ2) is 4.57. The van der Waals surface area contributed by atoms with Crippen molar-refractivity contribution in [1.29, 1.82) is 0 Å². The van der Waals surface area contributed by atoms with Gasteiger partial charge in [0, 0.05) is 17.8 Å². The Balaban J connectivity index is 2.46. The van der Waals surface area contributed by atoms with Crippen LogP contribution in [0.3, 0.4) is 0 Å². The van der Waals surface area contributed by atoms with Crippen molar-refractivity contribution in [3.8, 4) is 5.69 Å². The van der Waals surface area contributed by atoms with E-state index in [-0.39, 0.29) is 0 Å². The highest BCUT2D eigenvalue weighted by Crippen LogP contribution is 2.21. The molecule has 0 aliphatic heterocycles. The lowest BCUT2D eigenvalue weighted by molar-refractivity contribution is 0.833. The van der Waals surface area contributed by atoms with Crippen molar-refractivity contribution in [2.75, 3.05) is 0 Å². The van der Waals surface area contributed by atoms with Gasteiger partial charge in [0.05, 0.1) is 15.9 Å². The minimum atomic E-state index is 0.410. The fourth-order valence-electron chi connectivity index (χ4n) is 1.38. The Morgan fingerprint density at radius 1 is 1.50 bits per heavy atom. The summed E-state index contributed by atoms with van der Waals surface area (Å²) >= 11 is 9.48. The zero-order valence-electron chi connectivity index (χ0n) is 8.74. The molecule has 0 saturated carbocycles. The van der Waals surface area contributed by atoms with Crippen LogP contribution >= 0.6 is 27.5 Å². The molecule has 0 unspecified atom stereocenters. The maximum absolute atomic E-state index is 6.07. The summed E-state index contributed by atoms with van der Waals surface area (Å²) in [7, 11) is 0. The molecule has 1 aromatic carbocycles. The lowest BCUT2D eigenvalue weighted by Crippen LogP contribution is -2.00. The lowest BCUT2D eigenvalue weighted by atomic mass is 10.2. The van der Waals surface area contributed by atoms with Crippen molar-refractivity contribution >= 4 is 27.5 Å². The number of nitrogens with zero attached hydrogens (tertiary/aromatic N) is 2. The van der Waals surface area contributed by atoms with Gasteiger partial charge in [0.2, 0.25) is 0 Å². The number of halogens is 2. The molecular formula is C11H11BrClN3. The van der Waals surface area contributed by atoms with Gasteiger partial charge in [0.1, 0.15) is 0 Å². The molecule has 16 heavy (non-hydrogen) atoms. The quantitative estimate of drug-likeness (QED) is 0.926. The summed E-state index contributed by atoms with van der Waals surface area (Å²) in [4.78, 5) is 0. The number of rotatable bonds is 2. The molecule has 0 amide bonds. The third-order valence-corrected chi connectivity index (χ3v) is 3.42. The van der Waals surface area contributed by atoms with Crippen molar-refractivity contribution in [1.82, 2.24) is 9.78 Å². The Bertz CT molecular complexity index is 522. The topological polar surface area (TPSA) is 43.8 Å². The molecule has 5 heteroatoms. The molecule has 2 aromatic rings. The Morgan fingerprint density at radius 2 is 2.25 bits per heavy atom. The molecule has 0 saturated heterocycles. The largest absolute Gasteiger partial charge is 0.325 e. The zero-order valence-corrected chi connectivity index (χ0v) is 11.1. The molecule has 0 fully saturated rings. The minimum absolute atomic E-state index is 0.410. The molecule has 2 rings (SSSR count). The van der Waals surface area contributed by atoms with Gasteiger partial charge in [0.25, 0.3) is 0 Å². The molecular weight excluding hydrogens is 289 g/mol. The van der Waals surface area contributed by atoms with E-state index in [1.165, 1.54) is 0 Å². The first-order valence-corrected chi connectivity index (χ1v) is 5.99. The molecule has 0 bridgehead atoms. The molecule has 0 aliphatic carbocycles. The number of aryl methyl sites for hydroxylation is 1. The predicted octanol–water partition coefficient (Wildman–Crippen LogP) is 3.06. The van der Waals surface area contributed by atoms with Crippen LogP contribution in [0.4, 0.5) is 0 Å². The van der Waals surface area contributed by atoms with Crippen LogP contribution in [0.1, 0.15) is 11.3 Å². The van der Waals surface area contributed by atoms with E-state index in [0.29, 0.717) is 6.54 Å². The standard InChI is InChI=1S/C11H11BrClN3/c1-7-2-3-8(4-10(7)13)16-6-9(12)11(5-14)15-16/h2-4,6H,5,14H2,1H3. The SMILES string of the molecule is Cc1ccc(-n2cc(Br)c(CN)n2)cc1Cl. The average molecular weight is 301 g/mol. The summed E-state index contributed by atoms with van der Waals surface area (Å²) in [6, 6.07) is 5.83. The fraction of sp³-hybridized carbons (Fsp3) is 0.182. The molecule has 0 spiro atoms. The van der Waals surface area contributed by atoms with Crippen LogP contribution in [0, 0.1) is 6.92 Å². The first kappa shape index (κ1) is 11.6. The van der Waals surface area contributed by atoms with Crippen LogP contribution in [0.25, 0.3) is 5.69 Å². The Kier molecular flexibility index (Phi) is 3.33. The number of hydrogen-bond acceptors (Lipinski definition) is 2. The van der Waals surface area contributed by atoms with Crippen molar-refractivity contribution in [2.24, 2.45) is 5.73 Å². The second-order valence-electron chi connectivity index (χ2n) is 3.51. The highest BCUT2D eigenvalue weighted by Gasteiger charge is 2.06. The molecule has 1 aromatic heterocycles. The number of aromatic nitrogens is 2. The van der Waals surface area contributed by atoms with Crippen molar-refractivity contribution in [2.45, 2.75) is 13.5 Å². The van der Waals surface area contributed by atoms with Crippen molar-refractivity contribution in [3.63, 3.8) is 0 Å². The maximum atomic E-state index is 6.07. The van der Waals surface area contributed by atoms with Gasteiger partial charge in [-0.15, -0.1) is 0 Å². The van der Waals surface area contributed by atoms with Crippen LogP contribution in [0.5, 0.6) is 0 Å². The summed E-state index contributed by atoms with van der Waals surface area (Å²) in [6.45, 7) is 2.38. The van der Waals surface area contributed by atoms with Gasteiger partial charge < -0.3 is 5.73 Å². The maximum Gasteiger partial charge on any atom is 0.0906 e. The smallest absolute Gasteiger partial charge is 0.0906 e. The first-order chi connectivity index (χ1) is 7.61.